The topological polar surface area (TPSA) is 69.9 Å². The number of carbonyl (C=O) groups excluding carboxylic acids is 1. The summed E-state index contributed by atoms with van der Waals surface area (Å²) in [4.78, 5) is 31.6. The van der Waals surface area contributed by atoms with Crippen LogP contribution in [0.5, 0.6) is 5.75 Å². The number of carbonyl (C=O) groups is 1. The van der Waals surface area contributed by atoms with E-state index in [1.807, 2.05) is 36.4 Å². The number of nitrogens with zero attached hydrogens (tertiary/aromatic N) is 2. The van der Waals surface area contributed by atoms with Gasteiger partial charge in [0.25, 0.3) is 5.56 Å². The van der Waals surface area contributed by atoms with Crippen molar-refractivity contribution in [1.29, 1.82) is 0 Å². The van der Waals surface area contributed by atoms with Crippen LogP contribution in [0.1, 0.15) is 31.0 Å². The van der Waals surface area contributed by atoms with Gasteiger partial charge in [-0.15, -0.1) is 0 Å². The number of halogens is 1. The number of allylic oxidation sites excluding steroid dienone is 1. The van der Waals surface area contributed by atoms with Gasteiger partial charge in [0.05, 0.1) is 28.5 Å². The lowest BCUT2D eigenvalue weighted by Crippen LogP contribution is -2.39. The molecule has 4 rings (SSSR count). The van der Waals surface area contributed by atoms with Gasteiger partial charge in [0.2, 0.25) is 0 Å². The lowest BCUT2D eigenvalue weighted by atomic mass is 9.96. The summed E-state index contributed by atoms with van der Waals surface area (Å²) in [5, 5.41) is 0.563. The van der Waals surface area contributed by atoms with Crippen molar-refractivity contribution in [2.45, 2.75) is 19.9 Å². The number of esters is 1. The highest BCUT2D eigenvalue weighted by molar-refractivity contribution is 7.07. The minimum atomic E-state index is -0.669. The molecule has 174 valence electrons. The van der Waals surface area contributed by atoms with E-state index in [9.17, 15) is 9.59 Å². The van der Waals surface area contributed by atoms with E-state index >= 15 is 0 Å². The van der Waals surface area contributed by atoms with Gasteiger partial charge in [-0.3, -0.25) is 9.36 Å². The molecular weight excluding hydrogens is 472 g/mol. The Balaban J connectivity index is 1.88. The van der Waals surface area contributed by atoms with Crippen LogP contribution in [0.15, 0.2) is 82.2 Å². The number of ether oxygens (including phenoxy) is 2. The van der Waals surface area contributed by atoms with E-state index in [1.165, 1.54) is 11.3 Å². The molecule has 0 unspecified atom stereocenters. The van der Waals surface area contributed by atoms with Crippen molar-refractivity contribution in [2.24, 2.45) is 4.99 Å². The number of hydrogen-bond acceptors (Lipinski definition) is 6. The van der Waals surface area contributed by atoms with Gasteiger partial charge in [-0.2, -0.15) is 0 Å². The van der Waals surface area contributed by atoms with E-state index in [0.717, 1.165) is 11.1 Å². The minimum Gasteiger partial charge on any atom is -0.490 e. The van der Waals surface area contributed by atoms with Crippen molar-refractivity contribution in [1.82, 2.24) is 4.57 Å². The summed E-state index contributed by atoms with van der Waals surface area (Å²) < 4.78 is 13.0. The summed E-state index contributed by atoms with van der Waals surface area (Å²) in [6.45, 7) is 7.77. The fourth-order valence-electron chi connectivity index (χ4n) is 3.75. The van der Waals surface area contributed by atoms with Gasteiger partial charge in [-0.05, 0) is 55.3 Å². The summed E-state index contributed by atoms with van der Waals surface area (Å²) in [7, 11) is 0. The second kappa shape index (κ2) is 10.2. The van der Waals surface area contributed by atoms with Crippen LogP contribution in [0, 0.1) is 0 Å². The Labute approximate surface area is 205 Å². The predicted molar refractivity (Wildman–Crippen MR) is 134 cm³/mol. The van der Waals surface area contributed by atoms with Crippen molar-refractivity contribution in [3.63, 3.8) is 0 Å². The number of aromatic nitrogens is 1. The van der Waals surface area contributed by atoms with Crippen LogP contribution in [0.4, 0.5) is 0 Å². The molecule has 2 aromatic carbocycles. The molecule has 0 bridgehead atoms. The Morgan fingerprint density at radius 3 is 2.74 bits per heavy atom. The van der Waals surface area contributed by atoms with Gasteiger partial charge < -0.3 is 9.47 Å². The third-order valence-electron chi connectivity index (χ3n) is 5.23. The summed E-state index contributed by atoms with van der Waals surface area (Å²) >= 11 is 7.36. The van der Waals surface area contributed by atoms with Crippen LogP contribution >= 0.6 is 22.9 Å². The fraction of sp³-hybridized carbons (Fsp3) is 0.192. The number of fused-ring (bicyclic) bond motifs is 1. The number of benzene rings is 2. The van der Waals surface area contributed by atoms with E-state index in [2.05, 4.69) is 11.6 Å². The Morgan fingerprint density at radius 2 is 2.03 bits per heavy atom. The van der Waals surface area contributed by atoms with E-state index < -0.39 is 12.0 Å². The summed E-state index contributed by atoms with van der Waals surface area (Å²) in [6, 6.07) is 13.9. The molecule has 1 aromatic heterocycles. The highest BCUT2D eigenvalue weighted by Gasteiger charge is 2.33. The van der Waals surface area contributed by atoms with Gasteiger partial charge in [0.1, 0.15) is 12.4 Å². The number of rotatable bonds is 7. The zero-order valence-corrected chi connectivity index (χ0v) is 20.4. The highest BCUT2D eigenvalue weighted by Crippen LogP contribution is 2.31. The maximum Gasteiger partial charge on any atom is 0.338 e. The Kier molecular flexibility index (Phi) is 7.14. The van der Waals surface area contributed by atoms with E-state index in [-0.39, 0.29) is 12.2 Å². The van der Waals surface area contributed by atoms with Crippen molar-refractivity contribution in [3.05, 3.63) is 108 Å². The molecule has 0 saturated carbocycles. The van der Waals surface area contributed by atoms with E-state index in [0.29, 0.717) is 38.0 Å². The maximum absolute atomic E-state index is 13.6. The molecule has 1 atom stereocenters. The van der Waals surface area contributed by atoms with Crippen molar-refractivity contribution >= 4 is 35.0 Å². The average molecular weight is 495 g/mol. The van der Waals surface area contributed by atoms with Crippen molar-refractivity contribution in [2.75, 3.05) is 13.2 Å². The third kappa shape index (κ3) is 4.76. The average Bonchev–Trinajstić information content (AvgIpc) is 3.12. The van der Waals surface area contributed by atoms with Crippen LogP contribution in [-0.2, 0) is 9.53 Å². The summed E-state index contributed by atoms with van der Waals surface area (Å²) in [5.74, 6) is 0.186. The lowest BCUT2D eigenvalue weighted by molar-refractivity contribution is -0.139. The molecular formula is C26H23ClN2O4S. The van der Waals surface area contributed by atoms with Gasteiger partial charge in [-0.1, -0.05) is 59.9 Å². The normalized spacial score (nSPS) is 15.5. The number of hydrogen-bond donors (Lipinski definition) is 0. The molecule has 0 radical (unpaired) electrons. The first-order valence-electron chi connectivity index (χ1n) is 10.7. The van der Waals surface area contributed by atoms with Crippen LogP contribution in [0.25, 0.3) is 6.08 Å². The first kappa shape index (κ1) is 23.7. The van der Waals surface area contributed by atoms with E-state index in [4.69, 9.17) is 21.1 Å². The molecule has 34 heavy (non-hydrogen) atoms. The minimum absolute atomic E-state index is 0.220. The van der Waals surface area contributed by atoms with Crippen molar-refractivity contribution in [3.8, 4) is 5.75 Å². The van der Waals surface area contributed by atoms with Gasteiger partial charge >= 0.3 is 5.97 Å². The summed E-state index contributed by atoms with van der Waals surface area (Å²) in [5.41, 5.74) is 2.18. The second-order valence-corrected chi connectivity index (χ2v) is 8.97. The maximum atomic E-state index is 13.6. The van der Waals surface area contributed by atoms with Crippen LogP contribution in [0.3, 0.4) is 0 Å². The smallest absolute Gasteiger partial charge is 0.338 e. The zero-order chi connectivity index (χ0) is 24.2. The quantitative estimate of drug-likeness (QED) is 0.367. The molecule has 0 aliphatic carbocycles. The molecule has 8 heteroatoms. The SMILES string of the molecule is C=CCOc1cccc(/C=c2\sc3n(c2=O)[C@H](c2ccc(Cl)cc2)C(C(=O)OCC)=C(C)N=3)c1. The molecule has 0 amide bonds. The van der Waals surface area contributed by atoms with Gasteiger partial charge in [0.15, 0.2) is 4.80 Å². The molecule has 0 saturated heterocycles. The molecule has 0 spiro atoms. The monoisotopic (exact) mass is 494 g/mol. The molecule has 6 nitrogen and oxygen atoms in total. The fourth-order valence-corrected chi connectivity index (χ4v) is 4.93. The second-order valence-electron chi connectivity index (χ2n) is 7.53. The zero-order valence-electron chi connectivity index (χ0n) is 18.8. The van der Waals surface area contributed by atoms with Crippen LogP contribution < -0.4 is 19.6 Å². The van der Waals surface area contributed by atoms with Crippen molar-refractivity contribution < 1.29 is 14.3 Å². The standard InChI is InChI=1S/C26H23ClN2O4S/c1-4-13-33-20-8-6-7-17(14-20)15-21-24(30)29-23(18-9-11-19(27)12-10-18)22(25(31)32-5-2)16(3)28-26(29)34-21/h4,6-12,14-15,23H,1,5,13H2,2-3H3/b21-15-/t23-/m1/s1. The highest BCUT2D eigenvalue weighted by atomic mass is 35.5. The van der Waals surface area contributed by atoms with Gasteiger partial charge in [0, 0.05) is 5.02 Å². The molecule has 1 aliphatic rings. The van der Waals surface area contributed by atoms with E-state index in [1.54, 1.807) is 42.7 Å². The number of thiazole rings is 1. The Morgan fingerprint density at radius 1 is 1.26 bits per heavy atom. The molecule has 3 aromatic rings. The van der Waals surface area contributed by atoms with Crippen LogP contribution in [-0.4, -0.2) is 23.8 Å². The predicted octanol–water partition coefficient (Wildman–Crippen LogP) is 4.02. The largest absolute Gasteiger partial charge is 0.490 e. The molecule has 0 N–H and O–H groups in total. The first-order valence-corrected chi connectivity index (χ1v) is 11.9. The molecule has 2 heterocycles. The van der Waals surface area contributed by atoms with Crippen LogP contribution in [0.2, 0.25) is 5.02 Å². The Hall–Kier alpha value is -3.42. The Bertz CT molecular complexity index is 1450. The van der Waals surface area contributed by atoms with Gasteiger partial charge in [-0.25, -0.2) is 9.79 Å². The lowest BCUT2D eigenvalue weighted by Gasteiger charge is -2.24. The third-order valence-corrected chi connectivity index (χ3v) is 6.46. The molecule has 1 aliphatic heterocycles. The summed E-state index contributed by atoms with van der Waals surface area (Å²) in [6.07, 6.45) is 3.47. The first-order chi connectivity index (χ1) is 16.4. The molecule has 0 fully saturated rings.